The molecule has 0 spiro atoms. The third-order valence-corrected chi connectivity index (χ3v) is 11.6. The minimum Gasteiger partial charge on any atom is -0.788 e. The van der Waals surface area contributed by atoms with Crippen LogP contribution in [0.25, 0.3) is 0 Å². The summed E-state index contributed by atoms with van der Waals surface area (Å²) in [6.45, 7) is 18.3. The van der Waals surface area contributed by atoms with Gasteiger partial charge >= 0.3 is 0 Å². The molecule has 9 atom stereocenters. The molecular formula is C34H69N5O3P-. The Hall–Kier alpha value is -0.310. The van der Waals surface area contributed by atoms with Crippen LogP contribution in [0.1, 0.15) is 105 Å². The van der Waals surface area contributed by atoms with Gasteiger partial charge in [-0.15, -0.1) is 0 Å². The Morgan fingerprint density at radius 1 is 0.977 bits per heavy atom. The van der Waals surface area contributed by atoms with Crippen LogP contribution in [0.2, 0.25) is 0 Å². The van der Waals surface area contributed by atoms with Crippen molar-refractivity contribution in [2.75, 3.05) is 45.9 Å². The van der Waals surface area contributed by atoms with Crippen molar-refractivity contribution in [3.8, 4) is 0 Å². The van der Waals surface area contributed by atoms with Gasteiger partial charge in [-0.3, -0.25) is 10.4 Å². The van der Waals surface area contributed by atoms with Crippen LogP contribution in [0.3, 0.4) is 0 Å². The van der Waals surface area contributed by atoms with E-state index in [1.807, 2.05) is 0 Å². The smallest absolute Gasteiger partial charge is 0.0712 e. The molecule has 3 saturated carbocycles. The molecule has 9 heteroatoms. The lowest BCUT2D eigenvalue weighted by Crippen LogP contribution is -2.50. The fourth-order valence-electron chi connectivity index (χ4n) is 9.55. The fraction of sp³-hybridized carbons (Fsp3) is 0.941. The third-order valence-electron chi connectivity index (χ3n) is 11.6. The van der Waals surface area contributed by atoms with E-state index in [2.05, 4.69) is 51.1 Å². The van der Waals surface area contributed by atoms with E-state index < -0.39 is 7.52 Å². The second-order valence-corrected chi connectivity index (χ2v) is 17.1. The topological polar surface area (TPSA) is 168 Å². The Morgan fingerprint density at radius 3 is 2.09 bits per heavy atom. The Kier molecular flexibility index (Phi) is 15.9. The summed E-state index contributed by atoms with van der Waals surface area (Å²) in [6.07, 6.45) is 17.2. The summed E-state index contributed by atoms with van der Waals surface area (Å²) in [4.78, 5) is 11.6. The van der Waals surface area contributed by atoms with Crippen LogP contribution in [0, 0.1) is 46.3 Å². The van der Waals surface area contributed by atoms with Gasteiger partial charge in [0.05, 0.1) is 13.6 Å². The number of hydrogen-bond acceptors (Lipinski definition) is 7. The van der Waals surface area contributed by atoms with Gasteiger partial charge in [-0.05, 0) is 104 Å². The fourth-order valence-corrected chi connectivity index (χ4v) is 9.55. The summed E-state index contributed by atoms with van der Waals surface area (Å²) in [5.74, 6) is 5.46. The summed E-state index contributed by atoms with van der Waals surface area (Å²) in [6, 6.07) is 0. The number of fused-ring (bicyclic) bond motifs is 5. The van der Waals surface area contributed by atoms with Crippen molar-refractivity contribution in [1.82, 2.24) is 4.90 Å². The highest BCUT2D eigenvalue weighted by atomic mass is 31.2. The molecule has 4 aliphatic rings. The molecule has 0 aliphatic heterocycles. The van der Waals surface area contributed by atoms with Gasteiger partial charge in [-0.1, -0.05) is 65.5 Å². The van der Waals surface area contributed by atoms with E-state index in [1.54, 1.807) is 5.57 Å². The first-order valence-corrected chi connectivity index (χ1v) is 19.5. The van der Waals surface area contributed by atoms with Crippen LogP contribution in [0.4, 0.5) is 0 Å². The van der Waals surface area contributed by atoms with Gasteiger partial charge in [-0.2, -0.15) is 0 Å². The van der Waals surface area contributed by atoms with Crippen LogP contribution in [0.15, 0.2) is 11.6 Å². The van der Waals surface area contributed by atoms with E-state index in [-0.39, 0.29) is 6.10 Å². The lowest BCUT2D eigenvalue weighted by atomic mass is 9.47. The number of nitrogens with two attached hydrogens (primary N) is 4. The standard InChI is InChI=1S/C27H46O.C6H18N4.CH6NO2P/c1-18(2)7-6-8-19(3)23-11-12-24-22-10-9-20-17-21(28)13-15-26(20,4)25(22)14-16-27(23,24)5;7-1-4-10(5-2-8)6-3-9;1-5(2,3)4/h9,18-19,21-25,28H,6-8,10-17H2,1-5H3;1-9H2;1H3,(H3,2,3,4)/p-1/t19-,21+,22+,23-,24+,25+,26+,27-;;/m1../s1. The van der Waals surface area contributed by atoms with Gasteiger partial charge < -0.3 is 31.8 Å². The van der Waals surface area contributed by atoms with Gasteiger partial charge in [-0.25, -0.2) is 0 Å². The molecule has 9 N–H and O–H groups in total. The maximum Gasteiger partial charge on any atom is 0.0712 e. The minimum absolute atomic E-state index is 0.0766. The summed E-state index contributed by atoms with van der Waals surface area (Å²) in [5.41, 5.74) is 23.1. The molecule has 0 aromatic carbocycles. The van der Waals surface area contributed by atoms with Gasteiger partial charge in [0, 0.05) is 39.3 Å². The lowest BCUT2D eigenvalue weighted by molar-refractivity contribution is -0.173. The van der Waals surface area contributed by atoms with Gasteiger partial charge in [0.2, 0.25) is 0 Å². The second-order valence-electron chi connectivity index (χ2n) is 15.3. The number of rotatable bonds is 11. The SMILES string of the molecule is CC(C)CCC[C@@H](C)[C@H]1CC[C@H]2[C@@H]3CC=C4C[C@@H](O)CC[C@]4(C)[C@H]3CC[C@]12C.CP(N)(=O)[O-].NCCN(CCN)CCN. The van der Waals surface area contributed by atoms with E-state index in [0.717, 1.165) is 74.6 Å². The molecule has 3 fully saturated rings. The third kappa shape index (κ3) is 11.2. The summed E-state index contributed by atoms with van der Waals surface area (Å²) >= 11 is 0. The molecule has 8 nitrogen and oxygen atoms in total. The van der Waals surface area contributed by atoms with E-state index >= 15 is 0 Å². The van der Waals surface area contributed by atoms with E-state index in [1.165, 1.54) is 57.8 Å². The number of allylic oxidation sites excluding steroid dienone is 1. The van der Waals surface area contributed by atoms with Crippen LogP contribution >= 0.6 is 7.52 Å². The number of aliphatic hydroxyl groups excluding tert-OH is 1. The highest BCUT2D eigenvalue weighted by Crippen LogP contribution is 2.67. The van der Waals surface area contributed by atoms with Crippen LogP contribution in [-0.2, 0) is 4.57 Å². The first kappa shape index (κ1) is 38.9. The van der Waals surface area contributed by atoms with Crippen molar-refractivity contribution in [3.63, 3.8) is 0 Å². The molecule has 0 radical (unpaired) electrons. The Bertz CT molecular complexity index is 875. The Labute approximate surface area is 264 Å². The zero-order chi connectivity index (χ0) is 32.4. The highest BCUT2D eigenvalue weighted by molar-refractivity contribution is 7.53. The van der Waals surface area contributed by atoms with E-state index in [9.17, 15) is 14.6 Å². The van der Waals surface area contributed by atoms with Gasteiger partial charge in [0.15, 0.2) is 0 Å². The molecule has 0 saturated heterocycles. The maximum atomic E-state index is 10.2. The van der Waals surface area contributed by atoms with Crippen molar-refractivity contribution < 1.29 is 14.6 Å². The largest absolute Gasteiger partial charge is 0.788 e. The maximum absolute atomic E-state index is 10.2. The van der Waals surface area contributed by atoms with Crippen LogP contribution in [0.5, 0.6) is 0 Å². The summed E-state index contributed by atoms with van der Waals surface area (Å²) in [7, 11) is -3.39. The van der Waals surface area contributed by atoms with Crippen molar-refractivity contribution in [2.24, 2.45) is 69.0 Å². The van der Waals surface area contributed by atoms with Crippen LogP contribution < -0.4 is 27.6 Å². The Balaban J connectivity index is 0.000000359. The van der Waals surface area contributed by atoms with Crippen molar-refractivity contribution in [1.29, 1.82) is 0 Å². The molecule has 0 bridgehead atoms. The predicted molar refractivity (Wildman–Crippen MR) is 180 cm³/mol. The number of aliphatic hydroxyl groups is 1. The average molecular weight is 627 g/mol. The van der Waals surface area contributed by atoms with Crippen molar-refractivity contribution in [2.45, 2.75) is 111 Å². The molecule has 4 rings (SSSR count). The number of hydrogen-bond donors (Lipinski definition) is 5. The van der Waals surface area contributed by atoms with Crippen LogP contribution in [-0.4, -0.2) is 62.0 Å². The molecule has 0 amide bonds. The zero-order valence-corrected chi connectivity index (χ0v) is 29.5. The first-order valence-electron chi connectivity index (χ1n) is 17.4. The highest BCUT2D eigenvalue weighted by Gasteiger charge is 2.59. The predicted octanol–water partition coefficient (Wildman–Crippen LogP) is 4.68. The van der Waals surface area contributed by atoms with Gasteiger partial charge in [0.25, 0.3) is 0 Å². The molecule has 254 valence electrons. The van der Waals surface area contributed by atoms with Crippen molar-refractivity contribution >= 4 is 7.52 Å². The molecule has 0 heterocycles. The average Bonchev–Trinajstić information content (AvgIpc) is 3.26. The molecule has 0 aromatic rings. The molecule has 1 unspecified atom stereocenters. The summed E-state index contributed by atoms with van der Waals surface area (Å²) < 4.78 is 9.44. The van der Waals surface area contributed by atoms with E-state index in [0.29, 0.717) is 30.5 Å². The summed E-state index contributed by atoms with van der Waals surface area (Å²) in [5, 5.41) is 10.2. The Morgan fingerprint density at radius 2 is 1.56 bits per heavy atom. The van der Waals surface area contributed by atoms with Gasteiger partial charge in [0.1, 0.15) is 0 Å². The molecule has 0 aromatic heterocycles. The monoisotopic (exact) mass is 627 g/mol. The molecule has 4 aliphatic carbocycles. The van der Waals surface area contributed by atoms with Crippen molar-refractivity contribution in [3.05, 3.63) is 11.6 Å². The normalized spacial score (nSPS) is 35.3. The first-order chi connectivity index (χ1) is 20.1. The quantitative estimate of drug-likeness (QED) is 0.163. The van der Waals surface area contributed by atoms with E-state index in [4.69, 9.17) is 17.2 Å². The molecular weight excluding hydrogens is 557 g/mol. The lowest BCUT2D eigenvalue weighted by Gasteiger charge is -2.58. The second kappa shape index (κ2) is 17.6. The zero-order valence-electron chi connectivity index (χ0n) is 28.6. The number of nitrogens with zero attached hydrogens (tertiary/aromatic N) is 1. The molecule has 43 heavy (non-hydrogen) atoms. The minimum atomic E-state index is -3.39.